The highest BCUT2D eigenvalue weighted by atomic mass is 16.5. The molecule has 0 saturated heterocycles. The summed E-state index contributed by atoms with van der Waals surface area (Å²) in [4.78, 5) is 21.9. The van der Waals surface area contributed by atoms with Crippen molar-refractivity contribution >= 4 is 11.9 Å². The Labute approximate surface area is 94.2 Å². The Hall–Kier alpha value is -1.18. The number of rotatable bonds is 8. The zero-order valence-corrected chi connectivity index (χ0v) is 9.19. The molecule has 0 aliphatic rings. The molecule has 0 saturated carbocycles. The molecule has 0 heterocycles. The lowest BCUT2D eigenvalue weighted by Crippen LogP contribution is -2.33. The average Bonchev–Trinajstić information content (AvgIpc) is 2.24. The topological polar surface area (TPSA) is 131 Å². The van der Waals surface area contributed by atoms with Crippen LogP contribution >= 0.6 is 0 Å². The third-order valence-electron chi connectivity index (χ3n) is 1.92. The first kappa shape index (κ1) is 14.8. The van der Waals surface area contributed by atoms with Crippen molar-refractivity contribution in [2.24, 2.45) is 17.2 Å². The number of esters is 2. The van der Waals surface area contributed by atoms with Crippen molar-refractivity contribution in [1.82, 2.24) is 0 Å². The second-order valence-electron chi connectivity index (χ2n) is 3.17. The van der Waals surface area contributed by atoms with E-state index < -0.39 is 12.0 Å². The highest BCUT2D eigenvalue weighted by Crippen LogP contribution is 2.04. The molecule has 94 valence electrons. The molecule has 0 rings (SSSR count). The van der Waals surface area contributed by atoms with Crippen LogP contribution in [0.2, 0.25) is 0 Å². The molecule has 0 aromatic carbocycles. The lowest BCUT2D eigenvalue weighted by Gasteiger charge is -2.09. The summed E-state index contributed by atoms with van der Waals surface area (Å²) in [6, 6.07) is -0.686. The lowest BCUT2D eigenvalue weighted by molar-refractivity contribution is -0.145. The minimum absolute atomic E-state index is 0.110. The molecule has 7 nitrogen and oxygen atoms in total. The fourth-order valence-electron chi connectivity index (χ4n) is 1.11. The van der Waals surface area contributed by atoms with Crippen molar-refractivity contribution < 1.29 is 19.1 Å². The molecular weight excluding hydrogens is 214 g/mol. The lowest BCUT2D eigenvalue weighted by atomic mass is 10.1. The minimum Gasteiger partial charge on any atom is -0.450 e. The molecule has 0 aliphatic heterocycles. The maximum atomic E-state index is 11.0. The molecule has 0 aliphatic carbocycles. The van der Waals surface area contributed by atoms with Crippen LogP contribution in [-0.2, 0) is 19.1 Å². The molecule has 0 aromatic heterocycles. The molecule has 7 heteroatoms. The van der Waals surface area contributed by atoms with Crippen LogP contribution in [0.5, 0.6) is 0 Å². The molecular formula is C9H19N3O4. The summed E-state index contributed by atoms with van der Waals surface area (Å²) in [7, 11) is 0. The Morgan fingerprint density at radius 2 is 1.69 bits per heavy atom. The number of carbonyl (C=O) groups excluding carboxylic acids is 2. The molecule has 0 bridgehead atoms. The predicted molar refractivity (Wildman–Crippen MR) is 56.7 cm³/mol. The van der Waals surface area contributed by atoms with Crippen LogP contribution < -0.4 is 17.2 Å². The number of carbonyl (C=O) groups is 2. The van der Waals surface area contributed by atoms with Crippen molar-refractivity contribution in [3.05, 3.63) is 0 Å². The van der Waals surface area contributed by atoms with Crippen LogP contribution in [0.1, 0.15) is 25.7 Å². The van der Waals surface area contributed by atoms with Crippen molar-refractivity contribution in [2.45, 2.75) is 31.7 Å². The fraction of sp³-hybridized carbons (Fsp3) is 0.778. The molecule has 0 spiro atoms. The summed E-state index contributed by atoms with van der Waals surface area (Å²) in [6.45, 7) is -0.281. The highest BCUT2D eigenvalue weighted by Gasteiger charge is 2.14. The van der Waals surface area contributed by atoms with Gasteiger partial charge < -0.3 is 15.2 Å². The Morgan fingerprint density at radius 3 is 2.25 bits per heavy atom. The van der Waals surface area contributed by atoms with E-state index in [9.17, 15) is 9.59 Å². The van der Waals surface area contributed by atoms with Gasteiger partial charge in [-0.2, -0.15) is 0 Å². The van der Waals surface area contributed by atoms with Gasteiger partial charge in [0.2, 0.25) is 0 Å². The van der Waals surface area contributed by atoms with E-state index >= 15 is 0 Å². The maximum Gasteiger partial charge on any atom is 0.324 e. The van der Waals surface area contributed by atoms with Gasteiger partial charge in [0.15, 0.2) is 0 Å². The summed E-state index contributed by atoms with van der Waals surface area (Å²) >= 11 is 0. The zero-order chi connectivity index (χ0) is 12.4. The van der Waals surface area contributed by atoms with Gasteiger partial charge in [0.25, 0.3) is 0 Å². The van der Waals surface area contributed by atoms with E-state index in [0.717, 1.165) is 0 Å². The first-order valence-corrected chi connectivity index (χ1v) is 5.09. The van der Waals surface area contributed by atoms with E-state index in [0.29, 0.717) is 19.3 Å². The number of ether oxygens (including phenoxy) is 2. The van der Waals surface area contributed by atoms with Gasteiger partial charge in [-0.25, -0.2) is 0 Å². The van der Waals surface area contributed by atoms with E-state index in [1.807, 2.05) is 0 Å². The van der Waals surface area contributed by atoms with E-state index in [4.69, 9.17) is 17.2 Å². The summed E-state index contributed by atoms with van der Waals surface area (Å²) in [5, 5.41) is 0. The summed E-state index contributed by atoms with van der Waals surface area (Å²) < 4.78 is 9.06. The van der Waals surface area contributed by atoms with E-state index in [1.54, 1.807) is 0 Å². The fourth-order valence-corrected chi connectivity index (χ4v) is 1.11. The average molecular weight is 233 g/mol. The van der Waals surface area contributed by atoms with Gasteiger partial charge in [-0.1, -0.05) is 6.42 Å². The summed E-state index contributed by atoms with van der Waals surface area (Å²) in [5.41, 5.74) is 15.6. The molecule has 0 fully saturated rings. The number of nitrogens with two attached hydrogens (primary N) is 3. The monoisotopic (exact) mass is 233 g/mol. The van der Waals surface area contributed by atoms with Crippen LogP contribution in [0.25, 0.3) is 0 Å². The SMILES string of the molecule is NCOC(=O)CCCCC(N)C(=O)OCN. The Kier molecular flexibility index (Phi) is 8.41. The number of unbranched alkanes of at least 4 members (excludes halogenated alkanes) is 1. The van der Waals surface area contributed by atoms with Crippen molar-refractivity contribution in [3.8, 4) is 0 Å². The van der Waals surface area contributed by atoms with Gasteiger partial charge >= 0.3 is 11.9 Å². The van der Waals surface area contributed by atoms with Gasteiger partial charge in [0.05, 0.1) is 0 Å². The van der Waals surface area contributed by atoms with E-state index in [2.05, 4.69) is 9.47 Å². The molecule has 0 amide bonds. The molecule has 1 unspecified atom stereocenters. The second kappa shape index (κ2) is 9.08. The van der Waals surface area contributed by atoms with Gasteiger partial charge in [0.1, 0.15) is 19.5 Å². The maximum absolute atomic E-state index is 11.0. The van der Waals surface area contributed by atoms with Crippen LogP contribution in [0.3, 0.4) is 0 Å². The molecule has 6 N–H and O–H groups in total. The summed E-state index contributed by atoms with van der Waals surface area (Å²) in [5.74, 6) is -0.868. The molecule has 1 atom stereocenters. The van der Waals surface area contributed by atoms with Crippen molar-refractivity contribution in [2.75, 3.05) is 13.5 Å². The van der Waals surface area contributed by atoms with Crippen molar-refractivity contribution in [3.63, 3.8) is 0 Å². The van der Waals surface area contributed by atoms with Gasteiger partial charge in [-0.3, -0.25) is 21.1 Å². The standard InChI is InChI=1S/C9H19N3O4/c10-5-15-8(13)4-2-1-3-7(12)9(14)16-6-11/h7H,1-6,10-12H2. The van der Waals surface area contributed by atoms with E-state index in [-0.39, 0.29) is 25.9 Å². The molecule has 16 heavy (non-hydrogen) atoms. The van der Waals surface area contributed by atoms with E-state index in [1.165, 1.54) is 0 Å². The second-order valence-corrected chi connectivity index (χ2v) is 3.17. The number of hydrogen-bond donors (Lipinski definition) is 3. The first-order valence-electron chi connectivity index (χ1n) is 5.09. The summed E-state index contributed by atoms with van der Waals surface area (Å²) in [6.07, 6.45) is 1.97. The largest absolute Gasteiger partial charge is 0.450 e. The van der Waals surface area contributed by atoms with Crippen LogP contribution in [0.15, 0.2) is 0 Å². The van der Waals surface area contributed by atoms with Gasteiger partial charge in [-0.05, 0) is 12.8 Å². The minimum atomic E-state index is -0.686. The van der Waals surface area contributed by atoms with Crippen LogP contribution in [-0.4, -0.2) is 31.4 Å². The van der Waals surface area contributed by atoms with Crippen molar-refractivity contribution in [1.29, 1.82) is 0 Å². The highest BCUT2D eigenvalue weighted by molar-refractivity contribution is 5.75. The third kappa shape index (κ3) is 7.16. The first-order chi connectivity index (χ1) is 7.61. The van der Waals surface area contributed by atoms with Crippen LogP contribution in [0, 0.1) is 0 Å². The Morgan fingerprint density at radius 1 is 1.06 bits per heavy atom. The smallest absolute Gasteiger partial charge is 0.324 e. The van der Waals surface area contributed by atoms with Crippen LogP contribution in [0.4, 0.5) is 0 Å². The number of hydrogen-bond acceptors (Lipinski definition) is 7. The quantitative estimate of drug-likeness (QED) is 0.272. The Bertz CT molecular complexity index is 223. The molecule has 0 radical (unpaired) electrons. The normalized spacial score (nSPS) is 11.9. The third-order valence-corrected chi connectivity index (χ3v) is 1.92. The zero-order valence-electron chi connectivity index (χ0n) is 9.19. The predicted octanol–water partition coefficient (Wildman–Crippen LogP) is -1.21. The Balaban J connectivity index is 3.51. The molecule has 0 aromatic rings. The van der Waals surface area contributed by atoms with Gasteiger partial charge in [-0.15, -0.1) is 0 Å². The van der Waals surface area contributed by atoms with Gasteiger partial charge in [0, 0.05) is 6.42 Å².